The maximum atomic E-state index is 12.4. The summed E-state index contributed by atoms with van der Waals surface area (Å²) in [7, 11) is 1.81. The SMILES string of the molecule is Cn1cc(NC(=O)N[C@@H]2C[C@@H](c3ccccc3)Oc3ccccc32)cn1. The van der Waals surface area contributed by atoms with Gasteiger partial charge in [-0.25, -0.2) is 4.79 Å². The molecule has 4 rings (SSSR count). The number of hydrogen-bond acceptors (Lipinski definition) is 3. The van der Waals surface area contributed by atoms with E-state index in [9.17, 15) is 4.79 Å². The van der Waals surface area contributed by atoms with Crippen LogP contribution in [0, 0.1) is 0 Å². The number of urea groups is 1. The molecule has 0 saturated carbocycles. The van der Waals surface area contributed by atoms with Gasteiger partial charge in [0.2, 0.25) is 0 Å². The highest BCUT2D eigenvalue weighted by Gasteiger charge is 2.30. The Balaban J connectivity index is 1.54. The van der Waals surface area contributed by atoms with Crippen molar-refractivity contribution in [2.75, 3.05) is 5.32 Å². The summed E-state index contributed by atoms with van der Waals surface area (Å²) < 4.78 is 7.81. The van der Waals surface area contributed by atoms with Gasteiger partial charge in [0.15, 0.2) is 0 Å². The molecule has 2 aromatic carbocycles. The summed E-state index contributed by atoms with van der Waals surface area (Å²) in [4.78, 5) is 12.4. The number of fused-ring (bicyclic) bond motifs is 1. The summed E-state index contributed by atoms with van der Waals surface area (Å²) >= 11 is 0. The van der Waals surface area contributed by atoms with Crippen molar-refractivity contribution in [3.8, 4) is 5.75 Å². The number of aromatic nitrogens is 2. The molecule has 0 saturated heterocycles. The number of carbonyl (C=O) groups excluding carboxylic acids is 1. The zero-order chi connectivity index (χ0) is 17.9. The lowest BCUT2D eigenvalue weighted by Crippen LogP contribution is -2.36. The van der Waals surface area contributed by atoms with Crippen LogP contribution in [0.15, 0.2) is 67.0 Å². The lowest BCUT2D eigenvalue weighted by Gasteiger charge is -2.33. The van der Waals surface area contributed by atoms with Gasteiger partial charge in [-0.05, 0) is 11.6 Å². The molecule has 0 spiro atoms. The van der Waals surface area contributed by atoms with Gasteiger partial charge in [-0.1, -0.05) is 48.5 Å². The van der Waals surface area contributed by atoms with Crippen molar-refractivity contribution in [2.45, 2.75) is 18.6 Å². The van der Waals surface area contributed by atoms with E-state index >= 15 is 0 Å². The molecule has 2 heterocycles. The number of aryl methyl sites for hydroxylation is 1. The maximum absolute atomic E-state index is 12.4. The first-order chi connectivity index (χ1) is 12.7. The Labute approximate surface area is 151 Å². The highest BCUT2D eigenvalue weighted by Crippen LogP contribution is 2.40. The molecule has 26 heavy (non-hydrogen) atoms. The smallest absolute Gasteiger partial charge is 0.319 e. The number of hydrogen-bond donors (Lipinski definition) is 2. The van der Waals surface area contributed by atoms with Crippen LogP contribution >= 0.6 is 0 Å². The van der Waals surface area contributed by atoms with Gasteiger partial charge < -0.3 is 15.4 Å². The monoisotopic (exact) mass is 348 g/mol. The minimum absolute atomic E-state index is 0.102. The molecule has 6 nitrogen and oxygen atoms in total. The van der Waals surface area contributed by atoms with E-state index in [4.69, 9.17) is 4.74 Å². The zero-order valence-electron chi connectivity index (χ0n) is 14.4. The minimum Gasteiger partial charge on any atom is -0.485 e. The number of ether oxygens (including phenoxy) is 1. The summed E-state index contributed by atoms with van der Waals surface area (Å²) in [5.74, 6) is 0.805. The average Bonchev–Trinajstić information content (AvgIpc) is 3.07. The summed E-state index contributed by atoms with van der Waals surface area (Å²) in [5, 5.41) is 9.95. The van der Waals surface area contributed by atoms with Crippen molar-refractivity contribution in [3.63, 3.8) is 0 Å². The number of carbonyl (C=O) groups is 1. The van der Waals surface area contributed by atoms with E-state index in [0.29, 0.717) is 12.1 Å². The first kappa shape index (κ1) is 16.2. The van der Waals surface area contributed by atoms with Crippen LogP contribution in [0.5, 0.6) is 5.75 Å². The number of amides is 2. The Bertz CT molecular complexity index is 907. The number of benzene rings is 2. The van der Waals surface area contributed by atoms with E-state index in [0.717, 1.165) is 16.9 Å². The van der Waals surface area contributed by atoms with Crippen LogP contribution in [0.25, 0.3) is 0 Å². The third kappa shape index (κ3) is 3.39. The Hall–Kier alpha value is -3.28. The fraction of sp³-hybridized carbons (Fsp3) is 0.200. The maximum Gasteiger partial charge on any atom is 0.319 e. The normalized spacial score (nSPS) is 18.5. The second-order valence-corrected chi connectivity index (χ2v) is 6.34. The van der Waals surface area contributed by atoms with Gasteiger partial charge >= 0.3 is 6.03 Å². The highest BCUT2D eigenvalue weighted by molar-refractivity contribution is 5.89. The van der Waals surface area contributed by atoms with Crippen LogP contribution in [0.2, 0.25) is 0 Å². The van der Waals surface area contributed by atoms with Gasteiger partial charge in [0.25, 0.3) is 0 Å². The van der Waals surface area contributed by atoms with Gasteiger partial charge in [-0.3, -0.25) is 4.68 Å². The van der Waals surface area contributed by atoms with Crippen LogP contribution < -0.4 is 15.4 Å². The van der Waals surface area contributed by atoms with Crippen LogP contribution in [0.1, 0.15) is 29.7 Å². The van der Waals surface area contributed by atoms with E-state index in [1.165, 1.54) is 0 Å². The van der Waals surface area contributed by atoms with Crippen LogP contribution in [0.4, 0.5) is 10.5 Å². The molecular formula is C20H20N4O2. The molecule has 2 amide bonds. The number of anilines is 1. The van der Waals surface area contributed by atoms with Crippen molar-refractivity contribution in [1.82, 2.24) is 15.1 Å². The molecule has 1 aliphatic heterocycles. The molecule has 6 heteroatoms. The lowest BCUT2D eigenvalue weighted by atomic mass is 9.93. The van der Waals surface area contributed by atoms with Gasteiger partial charge in [0, 0.05) is 25.2 Å². The molecule has 0 fully saturated rings. The predicted octanol–water partition coefficient (Wildman–Crippen LogP) is 3.81. The molecule has 1 aromatic heterocycles. The second-order valence-electron chi connectivity index (χ2n) is 6.34. The highest BCUT2D eigenvalue weighted by atomic mass is 16.5. The van der Waals surface area contributed by atoms with Crippen molar-refractivity contribution < 1.29 is 9.53 Å². The fourth-order valence-corrected chi connectivity index (χ4v) is 3.24. The van der Waals surface area contributed by atoms with Crippen molar-refractivity contribution in [1.29, 1.82) is 0 Å². The number of para-hydroxylation sites is 1. The number of nitrogens with one attached hydrogen (secondary N) is 2. The van der Waals surface area contributed by atoms with Crippen molar-refractivity contribution in [2.24, 2.45) is 7.05 Å². The van der Waals surface area contributed by atoms with Gasteiger partial charge in [0.1, 0.15) is 11.9 Å². The first-order valence-corrected chi connectivity index (χ1v) is 8.56. The van der Waals surface area contributed by atoms with Crippen molar-refractivity contribution >= 4 is 11.7 Å². The van der Waals surface area contributed by atoms with Gasteiger partial charge in [0.05, 0.1) is 17.9 Å². The number of rotatable bonds is 3. The summed E-state index contributed by atoms with van der Waals surface area (Å²) in [6.07, 6.45) is 3.94. The largest absolute Gasteiger partial charge is 0.485 e. The van der Waals surface area contributed by atoms with Gasteiger partial charge in [-0.2, -0.15) is 5.10 Å². The zero-order valence-corrected chi connectivity index (χ0v) is 14.4. The third-order valence-electron chi connectivity index (χ3n) is 4.45. The molecule has 3 aromatic rings. The van der Waals surface area contributed by atoms with E-state index in [2.05, 4.69) is 15.7 Å². The molecule has 1 aliphatic rings. The molecular weight excluding hydrogens is 328 g/mol. The van der Waals surface area contributed by atoms with E-state index < -0.39 is 0 Å². The van der Waals surface area contributed by atoms with Crippen molar-refractivity contribution in [3.05, 3.63) is 78.1 Å². The molecule has 0 radical (unpaired) electrons. The number of nitrogens with zero attached hydrogens (tertiary/aromatic N) is 2. The second kappa shape index (κ2) is 6.92. The fourth-order valence-electron chi connectivity index (χ4n) is 3.24. The van der Waals surface area contributed by atoms with E-state index in [1.54, 1.807) is 17.1 Å². The standard InChI is InChI=1S/C20H20N4O2/c1-24-13-15(12-21-24)22-20(25)23-17-11-19(14-7-3-2-4-8-14)26-18-10-6-5-9-16(17)18/h2-10,12-13,17,19H,11H2,1H3,(H2,22,23,25)/t17-,19+/m1/s1. The predicted molar refractivity (Wildman–Crippen MR) is 99.0 cm³/mol. The topological polar surface area (TPSA) is 68.2 Å². The third-order valence-corrected chi connectivity index (χ3v) is 4.45. The summed E-state index contributed by atoms with van der Waals surface area (Å²) in [6.45, 7) is 0. The van der Waals surface area contributed by atoms with Crippen LogP contribution in [0.3, 0.4) is 0 Å². The minimum atomic E-state index is -0.258. The molecule has 2 N–H and O–H groups in total. The van der Waals surface area contributed by atoms with Crippen LogP contribution in [-0.2, 0) is 7.05 Å². The van der Waals surface area contributed by atoms with Crippen LogP contribution in [-0.4, -0.2) is 15.8 Å². The lowest BCUT2D eigenvalue weighted by molar-refractivity contribution is 0.153. The summed E-state index contributed by atoms with van der Waals surface area (Å²) in [6, 6.07) is 17.5. The Morgan fingerprint density at radius 3 is 2.69 bits per heavy atom. The molecule has 0 aliphatic carbocycles. The first-order valence-electron chi connectivity index (χ1n) is 8.56. The van der Waals surface area contributed by atoms with Gasteiger partial charge in [-0.15, -0.1) is 0 Å². The molecule has 0 bridgehead atoms. The Kier molecular flexibility index (Phi) is 4.31. The summed E-state index contributed by atoms with van der Waals surface area (Å²) in [5.41, 5.74) is 2.74. The molecule has 0 unspecified atom stereocenters. The average molecular weight is 348 g/mol. The molecule has 132 valence electrons. The Morgan fingerprint density at radius 2 is 1.92 bits per heavy atom. The Morgan fingerprint density at radius 1 is 1.15 bits per heavy atom. The van der Waals surface area contributed by atoms with E-state index in [-0.39, 0.29) is 18.2 Å². The quantitative estimate of drug-likeness (QED) is 0.756. The molecule has 2 atom stereocenters. The van der Waals surface area contributed by atoms with E-state index in [1.807, 2.05) is 61.6 Å².